The van der Waals surface area contributed by atoms with E-state index in [0.717, 1.165) is 0 Å². The molecule has 40 heavy (non-hydrogen) atoms. The first-order valence-electron chi connectivity index (χ1n) is 11.8. The maximum atomic E-state index is 13.6. The van der Waals surface area contributed by atoms with E-state index in [4.69, 9.17) is 15.2 Å². The number of alkyl halides is 2. The third-order valence-electron chi connectivity index (χ3n) is 5.56. The van der Waals surface area contributed by atoms with Gasteiger partial charge in [0.2, 0.25) is 17.7 Å². The zero-order valence-electron chi connectivity index (χ0n) is 21.1. The zero-order chi connectivity index (χ0) is 27.9. The van der Waals surface area contributed by atoms with Gasteiger partial charge in [-0.15, -0.1) is 0 Å². The maximum absolute atomic E-state index is 13.6. The molecule has 3 heterocycles. The van der Waals surface area contributed by atoms with Crippen LogP contribution in [-0.2, 0) is 4.79 Å². The molecule has 0 fully saturated rings. The molecule has 0 saturated heterocycles. The van der Waals surface area contributed by atoms with Gasteiger partial charge in [0, 0.05) is 24.4 Å². The molecule has 0 aliphatic carbocycles. The molecule has 0 saturated carbocycles. The predicted octanol–water partition coefficient (Wildman–Crippen LogP) is 5.30. The summed E-state index contributed by atoms with van der Waals surface area (Å²) in [5.74, 6) is 0.378. The van der Waals surface area contributed by atoms with Gasteiger partial charge in [-0.2, -0.15) is 9.97 Å². The molecule has 1 aromatic carbocycles. The summed E-state index contributed by atoms with van der Waals surface area (Å²) in [6, 6.07) is 13.5. The van der Waals surface area contributed by atoms with Crippen molar-refractivity contribution in [3.63, 3.8) is 0 Å². The molecule has 0 unspecified atom stereocenters. The van der Waals surface area contributed by atoms with Crippen molar-refractivity contribution in [3.05, 3.63) is 71.8 Å². The summed E-state index contributed by atoms with van der Waals surface area (Å²) in [6.45, 7) is 1.94. The third kappa shape index (κ3) is 7.22. The second-order valence-electron chi connectivity index (χ2n) is 8.42. The number of hydrogen-bond acceptors (Lipinski definition) is 9. The molecule has 12 heteroatoms. The first-order chi connectivity index (χ1) is 18.7. The van der Waals surface area contributed by atoms with Crippen LogP contribution in [0.3, 0.4) is 0 Å². The van der Waals surface area contributed by atoms with E-state index >= 15 is 0 Å². The number of nitrogens with two attached hydrogens (primary N) is 1. The van der Waals surface area contributed by atoms with Gasteiger partial charge in [0.15, 0.2) is 6.29 Å². The Balaban J connectivity index is 0.00000441. The minimum atomic E-state index is -2.80. The lowest BCUT2D eigenvalue weighted by Crippen LogP contribution is -2.25. The normalized spacial score (nSPS) is 10.7. The first kappa shape index (κ1) is 29.8. The number of nitrogens with zero attached hydrogens (tertiary/aromatic N) is 5. The van der Waals surface area contributed by atoms with Crippen LogP contribution in [0.4, 0.5) is 24.9 Å². The average Bonchev–Trinajstić information content (AvgIpc) is 2.91. The van der Waals surface area contributed by atoms with E-state index in [1.54, 1.807) is 43.1 Å². The lowest BCUT2D eigenvalue weighted by molar-refractivity contribution is -0.109. The highest BCUT2D eigenvalue weighted by Gasteiger charge is 2.21. The number of anilines is 2. The number of aromatic nitrogens is 4. The van der Waals surface area contributed by atoms with E-state index in [-0.39, 0.29) is 32.5 Å². The largest absolute Gasteiger partial charge is 0.475 e. The molecular weight excluding hydrogens is 525 g/mol. The molecular formula is C28H29F3N6O3. The number of carbonyl (C=O) groups excluding carboxylic acids is 1. The van der Waals surface area contributed by atoms with Crippen LogP contribution >= 0.6 is 0 Å². The lowest BCUT2D eigenvalue weighted by atomic mass is 9.99. The van der Waals surface area contributed by atoms with E-state index in [9.17, 15) is 18.0 Å². The van der Waals surface area contributed by atoms with Crippen molar-refractivity contribution in [1.82, 2.24) is 19.9 Å². The molecule has 210 valence electrons. The third-order valence-corrected chi connectivity index (χ3v) is 5.56. The quantitative estimate of drug-likeness (QED) is 0.247. The summed E-state index contributed by atoms with van der Waals surface area (Å²) >= 11 is 0. The highest BCUT2D eigenvalue weighted by atomic mass is 19.3. The monoisotopic (exact) mass is 554 g/mol. The zero-order valence-corrected chi connectivity index (χ0v) is 21.1. The Bertz CT molecular complexity index is 1450. The molecule has 9 nitrogen and oxygen atoms in total. The summed E-state index contributed by atoms with van der Waals surface area (Å²) in [4.78, 5) is 29.2. The van der Waals surface area contributed by atoms with E-state index in [2.05, 4.69) is 19.9 Å². The molecule has 2 N–H and O–H groups in total. The SMILES string of the molecule is C.Cc1cc(-c2c(OCCN(C)c3cccc(OCC=O)n3)nc(N)nc2-c2ccc(F)cc2)cc(C(F)F)n1. The number of hydrogen-bond donors (Lipinski definition) is 1. The van der Waals surface area contributed by atoms with Gasteiger partial charge < -0.3 is 20.1 Å². The minimum absolute atomic E-state index is 0. The van der Waals surface area contributed by atoms with Crippen LogP contribution in [0.2, 0.25) is 0 Å². The summed E-state index contributed by atoms with van der Waals surface area (Å²) in [7, 11) is 1.79. The van der Waals surface area contributed by atoms with Crippen molar-refractivity contribution in [1.29, 1.82) is 0 Å². The Labute approximate surface area is 229 Å². The fraction of sp³-hybridized carbons (Fsp3) is 0.250. The number of carbonyl (C=O) groups is 1. The van der Waals surface area contributed by atoms with Crippen LogP contribution in [0.15, 0.2) is 54.6 Å². The number of halogens is 3. The Hall–Kier alpha value is -4.74. The van der Waals surface area contributed by atoms with Gasteiger partial charge in [-0.05, 0) is 55.0 Å². The van der Waals surface area contributed by atoms with E-state index in [1.165, 1.54) is 30.3 Å². The maximum Gasteiger partial charge on any atom is 0.280 e. The fourth-order valence-corrected chi connectivity index (χ4v) is 3.80. The van der Waals surface area contributed by atoms with Gasteiger partial charge in [0.05, 0.1) is 17.8 Å². The number of aryl methyl sites for hydroxylation is 1. The highest BCUT2D eigenvalue weighted by Crippen LogP contribution is 2.39. The minimum Gasteiger partial charge on any atom is -0.475 e. The molecule has 3 aromatic heterocycles. The van der Waals surface area contributed by atoms with Gasteiger partial charge in [0.25, 0.3) is 6.43 Å². The molecule has 4 aromatic rings. The van der Waals surface area contributed by atoms with Gasteiger partial charge in [-0.1, -0.05) is 13.5 Å². The van der Waals surface area contributed by atoms with Gasteiger partial charge in [-0.3, -0.25) is 9.78 Å². The van der Waals surface area contributed by atoms with Crippen molar-refractivity contribution in [3.8, 4) is 34.1 Å². The Morgan fingerprint density at radius 1 is 1.00 bits per heavy atom. The predicted molar refractivity (Wildman–Crippen MR) is 146 cm³/mol. The first-order valence-corrected chi connectivity index (χ1v) is 11.8. The molecule has 0 spiro atoms. The number of likely N-dealkylation sites (N-methyl/N-ethyl adjacent to an activating group) is 1. The Kier molecular flexibility index (Phi) is 9.96. The van der Waals surface area contributed by atoms with Crippen molar-refractivity contribution < 1.29 is 27.4 Å². The standard InChI is InChI=1S/C27H25F3N6O3.CH4/c1-16-14-18(15-20(32-16)25(29)30)23-24(17-6-8-19(28)9-7-17)34-27(31)35-26(23)39-12-10-36(2)21-4-3-5-22(33-21)38-13-11-37;/h3-9,11,14-15,25H,10,12-13H2,1-2H3,(H2,31,34,35);1H4. The van der Waals surface area contributed by atoms with Crippen LogP contribution in [0.25, 0.3) is 22.4 Å². The summed E-state index contributed by atoms with van der Waals surface area (Å²) in [5.41, 5.74) is 7.38. The van der Waals surface area contributed by atoms with Crippen LogP contribution in [0.5, 0.6) is 11.8 Å². The van der Waals surface area contributed by atoms with Gasteiger partial charge in [0.1, 0.15) is 30.5 Å². The van der Waals surface area contributed by atoms with E-state index in [0.29, 0.717) is 52.6 Å². The topological polar surface area (TPSA) is 116 Å². The van der Waals surface area contributed by atoms with Crippen LogP contribution in [0, 0.1) is 12.7 Å². The number of pyridine rings is 2. The van der Waals surface area contributed by atoms with Crippen LogP contribution < -0.4 is 20.1 Å². The second kappa shape index (κ2) is 13.4. The molecule has 0 radical (unpaired) electrons. The van der Waals surface area contributed by atoms with E-state index in [1.807, 2.05) is 0 Å². The number of ether oxygens (including phenoxy) is 2. The molecule has 4 rings (SSSR count). The number of nitrogen functional groups attached to an aromatic ring is 1. The molecule has 0 atom stereocenters. The Morgan fingerprint density at radius 3 is 2.45 bits per heavy atom. The molecule has 0 bridgehead atoms. The highest BCUT2D eigenvalue weighted by molar-refractivity contribution is 5.85. The smallest absolute Gasteiger partial charge is 0.280 e. The fourth-order valence-electron chi connectivity index (χ4n) is 3.80. The Morgan fingerprint density at radius 2 is 1.75 bits per heavy atom. The van der Waals surface area contributed by atoms with Crippen molar-refractivity contribution >= 4 is 18.1 Å². The summed E-state index contributed by atoms with van der Waals surface area (Å²) in [6.07, 6.45) is -2.17. The van der Waals surface area contributed by atoms with Crippen LogP contribution in [-0.4, -0.2) is 53.0 Å². The second-order valence-corrected chi connectivity index (χ2v) is 8.42. The van der Waals surface area contributed by atoms with Crippen molar-refractivity contribution in [2.75, 3.05) is 37.4 Å². The van der Waals surface area contributed by atoms with Crippen molar-refractivity contribution in [2.24, 2.45) is 0 Å². The van der Waals surface area contributed by atoms with Crippen LogP contribution in [0.1, 0.15) is 25.2 Å². The average molecular weight is 555 g/mol. The number of rotatable bonds is 11. The van der Waals surface area contributed by atoms with Gasteiger partial charge >= 0.3 is 0 Å². The van der Waals surface area contributed by atoms with Crippen molar-refractivity contribution in [2.45, 2.75) is 20.8 Å². The summed E-state index contributed by atoms with van der Waals surface area (Å²) < 4.78 is 52.1. The summed E-state index contributed by atoms with van der Waals surface area (Å²) in [5, 5.41) is 0. The van der Waals surface area contributed by atoms with Gasteiger partial charge in [-0.25, -0.2) is 18.2 Å². The molecule has 0 aliphatic rings. The lowest BCUT2D eigenvalue weighted by Gasteiger charge is -2.20. The number of benzene rings is 1. The number of aldehydes is 1. The van der Waals surface area contributed by atoms with E-state index < -0.39 is 17.9 Å². The molecule has 0 amide bonds. The molecule has 0 aliphatic heterocycles.